The summed E-state index contributed by atoms with van der Waals surface area (Å²) in [7, 11) is 4.35. The average Bonchev–Trinajstić information content (AvgIpc) is 3.57. The zero-order valence-corrected chi connectivity index (χ0v) is 20.5. The van der Waals surface area contributed by atoms with E-state index in [0.29, 0.717) is 47.1 Å². The lowest BCUT2D eigenvalue weighted by atomic mass is 9.77. The Morgan fingerprint density at radius 3 is 2.53 bits per heavy atom. The predicted molar refractivity (Wildman–Crippen MR) is 127 cm³/mol. The van der Waals surface area contributed by atoms with Crippen LogP contribution in [0.3, 0.4) is 0 Å². The van der Waals surface area contributed by atoms with Gasteiger partial charge in [-0.2, -0.15) is 0 Å². The number of nitrogens with one attached hydrogen (secondary N) is 1. The maximum Gasteiger partial charge on any atom is 0.326 e. The topological polar surface area (TPSA) is 113 Å². The van der Waals surface area contributed by atoms with E-state index in [4.69, 9.17) is 23.7 Å². The summed E-state index contributed by atoms with van der Waals surface area (Å²) in [5, 5.41) is 3.35. The van der Waals surface area contributed by atoms with E-state index < -0.39 is 41.2 Å². The van der Waals surface area contributed by atoms with Crippen LogP contribution in [0.4, 0.5) is 5.69 Å². The van der Waals surface area contributed by atoms with Gasteiger partial charge in [0.25, 0.3) is 0 Å². The van der Waals surface area contributed by atoms with Crippen LogP contribution in [0.5, 0.6) is 23.0 Å². The van der Waals surface area contributed by atoms with E-state index in [1.807, 2.05) is 6.92 Å². The number of carbonyl (C=O) groups excluding carboxylic acids is 3. The molecular formula is C26H28N2O8. The van der Waals surface area contributed by atoms with Gasteiger partial charge in [0.2, 0.25) is 18.6 Å². The molecule has 0 radical (unpaired) electrons. The van der Waals surface area contributed by atoms with Crippen molar-refractivity contribution in [3.05, 3.63) is 42.0 Å². The van der Waals surface area contributed by atoms with Crippen molar-refractivity contribution in [1.29, 1.82) is 0 Å². The molecule has 4 atom stereocenters. The lowest BCUT2D eigenvalue weighted by Crippen LogP contribution is -2.56. The van der Waals surface area contributed by atoms with Crippen LogP contribution in [0.2, 0.25) is 0 Å². The first-order valence-electron chi connectivity index (χ1n) is 11.8. The number of carbonyl (C=O) groups is 3. The second kappa shape index (κ2) is 9.02. The molecule has 0 saturated carbocycles. The molecule has 2 amide bonds. The summed E-state index contributed by atoms with van der Waals surface area (Å²) >= 11 is 0. The van der Waals surface area contributed by atoms with Gasteiger partial charge in [-0.05, 0) is 24.6 Å². The first-order valence-corrected chi connectivity index (χ1v) is 11.8. The summed E-state index contributed by atoms with van der Waals surface area (Å²) in [6, 6.07) is 9.47. The molecule has 2 fully saturated rings. The summed E-state index contributed by atoms with van der Waals surface area (Å²) in [6.45, 7) is 1.98. The minimum Gasteiger partial charge on any atom is -0.497 e. The number of benzene rings is 2. The highest BCUT2D eigenvalue weighted by Gasteiger charge is 2.68. The van der Waals surface area contributed by atoms with Crippen LogP contribution in [0.1, 0.15) is 31.4 Å². The van der Waals surface area contributed by atoms with Gasteiger partial charge in [-0.25, -0.2) is 4.90 Å². The number of methoxy groups -OCH3 is 3. The zero-order valence-electron chi connectivity index (χ0n) is 20.5. The third kappa shape index (κ3) is 3.39. The van der Waals surface area contributed by atoms with Crippen molar-refractivity contribution in [3.63, 3.8) is 0 Å². The molecule has 1 N–H and O–H groups in total. The van der Waals surface area contributed by atoms with Crippen molar-refractivity contribution in [2.75, 3.05) is 33.0 Å². The Kier molecular flexibility index (Phi) is 5.99. The van der Waals surface area contributed by atoms with E-state index in [0.717, 1.165) is 4.90 Å². The van der Waals surface area contributed by atoms with Gasteiger partial charge >= 0.3 is 5.97 Å². The predicted octanol–water partition coefficient (Wildman–Crippen LogP) is 2.59. The van der Waals surface area contributed by atoms with Gasteiger partial charge < -0.3 is 23.7 Å². The molecule has 190 valence electrons. The highest BCUT2D eigenvalue weighted by Crippen LogP contribution is 2.53. The molecule has 36 heavy (non-hydrogen) atoms. The number of hydrogen-bond acceptors (Lipinski definition) is 9. The third-order valence-electron chi connectivity index (χ3n) is 7.24. The summed E-state index contributed by atoms with van der Waals surface area (Å²) in [5.74, 6) is -1.26. The second-order valence-corrected chi connectivity index (χ2v) is 9.00. The van der Waals surface area contributed by atoms with E-state index >= 15 is 0 Å². The maximum absolute atomic E-state index is 14.0. The number of amides is 2. The standard InChI is InChI=1S/C26H28N2O8/c1-5-10-26(25(31)34-4)21-20(22(27-26)16-8-7-15(32-2)12-18(16)33-3)23(29)28(24(21)30)14-6-9-17-19(11-14)36-13-35-17/h6-9,11-12,20-22,27H,5,10,13H2,1-4H3/t20-,21-,22-,26+/m0/s1. The fourth-order valence-electron chi connectivity index (χ4n) is 5.72. The van der Waals surface area contributed by atoms with E-state index in [-0.39, 0.29) is 6.79 Å². The molecular weight excluding hydrogens is 468 g/mol. The number of hydrogen-bond donors (Lipinski definition) is 1. The normalized spacial score (nSPS) is 26.2. The first kappa shape index (κ1) is 23.9. The number of nitrogens with zero attached hydrogens (tertiary/aromatic N) is 1. The molecule has 2 aromatic rings. The molecule has 5 rings (SSSR count). The van der Waals surface area contributed by atoms with Crippen molar-refractivity contribution in [3.8, 4) is 23.0 Å². The van der Waals surface area contributed by atoms with Gasteiger partial charge in [-0.1, -0.05) is 19.4 Å². The van der Waals surface area contributed by atoms with E-state index in [1.54, 1.807) is 43.5 Å². The second-order valence-electron chi connectivity index (χ2n) is 9.00. The van der Waals surface area contributed by atoms with Gasteiger partial charge in [0.05, 0.1) is 38.9 Å². The summed E-state index contributed by atoms with van der Waals surface area (Å²) in [6.07, 6.45) is 0.896. The van der Waals surface area contributed by atoms with Crippen LogP contribution in [-0.4, -0.2) is 51.4 Å². The van der Waals surface area contributed by atoms with Gasteiger partial charge in [-0.15, -0.1) is 0 Å². The highest BCUT2D eigenvalue weighted by molar-refractivity contribution is 6.24. The van der Waals surface area contributed by atoms with Crippen LogP contribution in [-0.2, 0) is 19.1 Å². The van der Waals surface area contributed by atoms with Crippen LogP contribution in [0, 0.1) is 11.8 Å². The number of ether oxygens (including phenoxy) is 5. The molecule has 3 aliphatic heterocycles. The Hall–Kier alpha value is -3.79. The average molecular weight is 497 g/mol. The molecule has 3 aliphatic rings. The number of imide groups is 1. The van der Waals surface area contributed by atoms with E-state index in [1.165, 1.54) is 14.2 Å². The van der Waals surface area contributed by atoms with Crippen LogP contribution < -0.4 is 29.2 Å². The lowest BCUT2D eigenvalue weighted by molar-refractivity contribution is -0.152. The number of rotatable bonds is 7. The quantitative estimate of drug-likeness (QED) is 0.457. The van der Waals surface area contributed by atoms with E-state index in [9.17, 15) is 14.4 Å². The largest absolute Gasteiger partial charge is 0.497 e. The molecule has 0 aliphatic carbocycles. The Bertz CT molecular complexity index is 1230. The first-order chi connectivity index (χ1) is 17.4. The molecule has 2 saturated heterocycles. The molecule has 0 bridgehead atoms. The zero-order chi connectivity index (χ0) is 25.6. The minimum atomic E-state index is -1.39. The Morgan fingerprint density at radius 2 is 1.83 bits per heavy atom. The van der Waals surface area contributed by atoms with Crippen LogP contribution >= 0.6 is 0 Å². The van der Waals surface area contributed by atoms with Gasteiger partial charge in [0.1, 0.15) is 17.0 Å². The Morgan fingerprint density at radius 1 is 1.06 bits per heavy atom. The monoisotopic (exact) mass is 496 g/mol. The van der Waals surface area contributed by atoms with Gasteiger partial charge in [0, 0.05) is 23.7 Å². The third-order valence-corrected chi connectivity index (χ3v) is 7.24. The molecule has 10 heteroatoms. The molecule has 10 nitrogen and oxygen atoms in total. The van der Waals surface area contributed by atoms with Crippen molar-refractivity contribution < 1.29 is 38.1 Å². The van der Waals surface area contributed by atoms with Crippen molar-refractivity contribution in [1.82, 2.24) is 5.32 Å². The van der Waals surface area contributed by atoms with Gasteiger partial charge in [-0.3, -0.25) is 19.7 Å². The van der Waals surface area contributed by atoms with E-state index in [2.05, 4.69) is 5.32 Å². The molecule has 0 aromatic heterocycles. The Balaban J connectivity index is 1.65. The summed E-state index contributed by atoms with van der Waals surface area (Å²) in [4.78, 5) is 42.4. The molecule has 2 aromatic carbocycles. The number of anilines is 1. The van der Waals surface area contributed by atoms with Gasteiger partial charge in [0.15, 0.2) is 11.5 Å². The smallest absolute Gasteiger partial charge is 0.326 e. The maximum atomic E-state index is 14.0. The molecule has 0 unspecified atom stereocenters. The molecule has 3 heterocycles. The Labute approximate surface area is 208 Å². The van der Waals surface area contributed by atoms with Crippen LogP contribution in [0.25, 0.3) is 0 Å². The van der Waals surface area contributed by atoms with Crippen molar-refractivity contribution in [2.45, 2.75) is 31.3 Å². The number of fused-ring (bicyclic) bond motifs is 2. The summed E-state index contributed by atoms with van der Waals surface area (Å²) < 4.78 is 26.9. The number of esters is 1. The van der Waals surface area contributed by atoms with Crippen molar-refractivity contribution >= 4 is 23.5 Å². The SMILES string of the molecule is CCC[C@@]1(C(=O)OC)N[C@@H](c2ccc(OC)cc2OC)[C@H]2C(=O)N(c3ccc4c(c3)OCO4)C(=O)[C@H]21. The minimum absolute atomic E-state index is 0.0666. The fraction of sp³-hybridized carbons (Fsp3) is 0.423. The summed E-state index contributed by atoms with van der Waals surface area (Å²) in [5.41, 5.74) is -0.384. The highest BCUT2D eigenvalue weighted by atomic mass is 16.7. The van der Waals surface area contributed by atoms with Crippen molar-refractivity contribution in [2.24, 2.45) is 11.8 Å². The lowest BCUT2D eigenvalue weighted by Gasteiger charge is -2.32. The molecule has 0 spiro atoms. The fourth-order valence-corrected chi connectivity index (χ4v) is 5.72. The van der Waals surface area contributed by atoms with Crippen LogP contribution in [0.15, 0.2) is 36.4 Å².